The number of pyridine rings is 1. The molecule has 0 amide bonds. The Morgan fingerprint density at radius 1 is 1.26 bits per heavy atom. The van der Waals surface area contributed by atoms with E-state index in [2.05, 4.69) is 9.97 Å². The second kappa shape index (κ2) is 13.1. The van der Waals surface area contributed by atoms with Crippen LogP contribution in [0.2, 0.25) is 3.93 Å². The number of aromatic amines is 1. The Bertz CT molecular complexity index is 1200. The van der Waals surface area contributed by atoms with Gasteiger partial charge in [0.05, 0.1) is 6.33 Å². The molecule has 3 aromatic heterocycles. The van der Waals surface area contributed by atoms with E-state index in [0.29, 0.717) is 43.8 Å². The van der Waals surface area contributed by atoms with Gasteiger partial charge in [0.15, 0.2) is 5.65 Å². The van der Waals surface area contributed by atoms with Gasteiger partial charge in [-0.3, -0.25) is 13.9 Å². The third-order valence-corrected chi connectivity index (χ3v) is 6.81. The van der Waals surface area contributed by atoms with Crippen LogP contribution < -0.4 is 51.5 Å². The average molecular weight is 630 g/mol. The Morgan fingerprint density at radius 2 is 1.90 bits per heavy atom. The van der Waals surface area contributed by atoms with Crippen LogP contribution in [0.3, 0.4) is 0 Å². The van der Waals surface area contributed by atoms with Gasteiger partial charge >= 0.3 is 144 Å². The molecule has 2 N–H and O–H groups in total. The van der Waals surface area contributed by atoms with Crippen LogP contribution in [0.1, 0.15) is 10.4 Å². The van der Waals surface area contributed by atoms with Crippen molar-refractivity contribution in [2.45, 2.75) is 16.6 Å². The molecule has 0 fully saturated rings. The first-order valence-corrected chi connectivity index (χ1v) is 12.4. The number of ether oxygens (including phenoxy) is 1. The minimum absolute atomic E-state index is 0. The molecule has 0 saturated heterocycles. The number of aromatic nitrogens is 5. The van der Waals surface area contributed by atoms with E-state index in [9.17, 15) is 24.3 Å². The molecular formula is C17H20HgN5NaO7. The van der Waals surface area contributed by atoms with E-state index in [0.717, 1.165) is 8.50 Å². The number of nitrogens with zero attached hydrogens (tertiary/aromatic N) is 4. The van der Waals surface area contributed by atoms with Gasteiger partial charge in [0, 0.05) is 14.1 Å². The third-order valence-electron chi connectivity index (χ3n) is 4.30. The zero-order valence-corrected chi connectivity index (χ0v) is 25.2. The van der Waals surface area contributed by atoms with Crippen LogP contribution >= 0.6 is 0 Å². The van der Waals surface area contributed by atoms with Gasteiger partial charge in [-0.05, 0) is 0 Å². The molecule has 0 bridgehead atoms. The van der Waals surface area contributed by atoms with E-state index >= 15 is 0 Å². The molecule has 0 aromatic carbocycles. The van der Waals surface area contributed by atoms with Crippen LogP contribution in [0, 0.1) is 0 Å². The standard InChI is InChI=1S/C10H12NO4.C7H8N4O2.Hg.Na.H2O/c1-7(15-2)5-11-6-8(10(13)14)3-4-9(11)12;1-10-5-4(8-3-9-5)6(12)11(2)7(10)13;;;/h3-4,6-7H,1,5H2,2H3,(H,13,14);3H,1-2H3,(H,8,9);;;1H2/q;;2*+1;/p-2. The van der Waals surface area contributed by atoms with Crippen molar-refractivity contribution in [2.75, 3.05) is 7.11 Å². The van der Waals surface area contributed by atoms with E-state index in [4.69, 9.17) is 4.74 Å². The number of hydrogen-bond acceptors (Lipinski definition) is 8. The number of rotatable bonds is 5. The fourth-order valence-electron chi connectivity index (χ4n) is 2.57. The van der Waals surface area contributed by atoms with E-state index in [1.807, 2.05) is 0 Å². The molecule has 0 aliphatic carbocycles. The molecule has 1 atom stereocenters. The molecule has 31 heavy (non-hydrogen) atoms. The number of carboxylic acid groups (broad SMARTS) is 1. The van der Waals surface area contributed by atoms with E-state index < -0.39 is 5.97 Å². The SMILES string of the molecule is COC([CH2][Hg+])Cn1cc(C(=O)[O-])ccc1=O.Cn1c(=O)c2[nH]cnc2n(C)c1=O.[Na+].[OH-]. The maximum atomic E-state index is 11.5. The quantitative estimate of drug-likeness (QED) is 0.273. The molecule has 0 spiro atoms. The molecule has 0 radical (unpaired) electrons. The summed E-state index contributed by atoms with van der Waals surface area (Å²) in [6.07, 6.45) is 2.68. The smallest absolute Gasteiger partial charge is 0.870 e. The van der Waals surface area contributed by atoms with Crippen molar-refractivity contribution in [1.29, 1.82) is 0 Å². The predicted octanol–water partition coefficient (Wildman–Crippen LogP) is -5.02. The number of carbonyl (C=O) groups excluding carboxylic acids is 1. The molecule has 3 heterocycles. The summed E-state index contributed by atoms with van der Waals surface area (Å²) in [5.41, 5.74) is -0.209. The van der Waals surface area contributed by atoms with Crippen molar-refractivity contribution in [3.63, 3.8) is 0 Å². The fourth-order valence-corrected chi connectivity index (χ4v) is 4.19. The first-order chi connectivity index (χ1) is 13.7. The maximum Gasteiger partial charge on any atom is 1.00 e. The average Bonchev–Trinajstić information content (AvgIpc) is 3.20. The number of H-pyrrole nitrogens is 1. The van der Waals surface area contributed by atoms with Gasteiger partial charge in [-0.2, -0.15) is 0 Å². The molecule has 0 aliphatic heterocycles. The normalized spacial score (nSPS) is 11.0. The number of hydrogen-bond donors (Lipinski definition) is 1. The van der Waals surface area contributed by atoms with Gasteiger partial charge in [0.2, 0.25) is 0 Å². The Kier molecular flexibility index (Phi) is 12.4. The van der Waals surface area contributed by atoms with Gasteiger partial charge in [0.25, 0.3) is 5.56 Å². The number of fused-ring (bicyclic) bond motifs is 1. The van der Waals surface area contributed by atoms with Crippen LogP contribution in [0.25, 0.3) is 11.2 Å². The zero-order chi connectivity index (χ0) is 21.7. The number of aryl methyl sites for hydroxylation is 1. The van der Waals surface area contributed by atoms with Crippen LogP contribution in [0.4, 0.5) is 0 Å². The summed E-state index contributed by atoms with van der Waals surface area (Å²) in [6, 6.07) is 2.48. The van der Waals surface area contributed by atoms with Crippen molar-refractivity contribution >= 4 is 17.1 Å². The molecule has 1 unspecified atom stereocenters. The number of imidazole rings is 1. The number of carboxylic acids is 1. The summed E-state index contributed by atoms with van der Waals surface area (Å²) in [7, 11) is 4.60. The van der Waals surface area contributed by atoms with Crippen LogP contribution in [0.5, 0.6) is 0 Å². The Labute approximate surface area is 214 Å². The first-order valence-electron chi connectivity index (χ1n) is 8.54. The summed E-state index contributed by atoms with van der Waals surface area (Å²) >= 11 is 0.580. The second-order valence-corrected chi connectivity index (χ2v) is 8.39. The summed E-state index contributed by atoms with van der Waals surface area (Å²) in [5.74, 6) is -1.28. The minimum atomic E-state index is -1.28. The monoisotopic (exact) mass is 631 g/mol. The first kappa shape index (κ1) is 29.4. The van der Waals surface area contributed by atoms with Crippen molar-refractivity contribution < 1.29 is 75.8 Å². The minimum Gasteiger partial charge on any atom is -0.870 e. The molecule has 3 aromatic rings. The molecule has 12 nitrogen and oxygen atoms in total. The van der Waals surface area contributed by atoms with Gasteiger partial charge in [-0.15, -0.1) is 0 Å². The molecule has 3 rings (SSSR count). The van der Waals surface area contributed by atoms with E-state index in [1.165, 1.54) is 40.8 Å². The van der Waals surface area contributed by atoms with Crippen LogP contribution in [-0.4, -0.2) is 48.3 Å². The second-order valence-electron chi connectivity index (χ2n) is 6.15. The largest absolute Gasteiger partial charge is 1.00 e. The van der Waals surface area contributed by atoms with Crippen molar-refractivity contribution in [3.8, 4) is 0 Å². The Hall–Kier alpha value is -1.57. The summed E-state index contributed by atoms with van der Waals surface area (Å²) in [6.45, 7) is 0.389. The van der Waals surface area contributed by atoms with E-state index in [1.54, 1.807) is 14.2 Å². The topological polar surface area (TPSA) is 174 Å². The third kappa shape index (κ3) is 6.95. The molecule has 14 heteroatoms. The summed E-state index contributed by atoms with van der Waals surface area (Å²) < 4.78 is 9.85. The number of methoxy groups -OCH3 is 1. The summed E-state index contributed by atoms with van der Waals surface area (Å²) in [5, 5.41) is 10.6. The van der Waals surface area contributed by atoms with Crippen LogP contribution in [-0.2, 0) is 51.5 Å². The Morgan fingerprint density at radius 3 is 2.45 bits per heavy atom. The Balaban J connectivity index is 0.000000553. The van der Waals surface area contributed by atoms with Gasteiger partial charge in [0.1, 0.15) is 5.52 Å². The van der Waals surface area contributed by atoms with Crippen LogP contribution in [0.15, 0.2) is 39.0 Å². The van der Waals surface area contributed by atoms with Gasteiger partial charge in [-0.25, -0.2) is 9.78 Å². The zero-order valence-electron chi connectivity index (χ0n) is 17.7. The number of carbonyl (C=O) groups is 1. The summed E-state index contributed by atoms with van der Waals surface area (Å²) in [4.78, 5) is 51.5. The molecule has 0 saturated carbocycles. The van der Waals surface area contributed by atoms with Crippen molar-refractivity contribution in [3.05, 3.63) is 61.4 Å². The van der Waals surface area contributed by atoms with Crippen molar-refractivity contribution in [1.82, 2.24) is 23.7 Å². The van der Waals surface area contributed by atoms with Gasteiger partial charge < -0.3 is 10.5 Å². The van der Waals surface area contributed by atoms with Crippen molar-refractivity contribution in [2.24, 2.45) is 14.1 Å². The number of aromatic carboxylic acids is 1. The molecular weight excluding hydrogens is 610 g/mol. The van der Waals surface area contributed by atoms with Gasteiger partial charge in [-0.1, -0.05) is 0 Å². The molecule has 0 aliphatic rings. The van der Waals surface area contributed by atoms with E-state index in [-0.39, 0.29) is 63.5 Å². The maximum absolute atomic E-state index is 11.5. The molecule has 158 valence electrons. The number of nitrogens with one attached hydrogen (secondary N) is 1. The fraction of sp³-hybridized carbons (Fsp3) is 0.353. The predicted molar refractivity (Wildman–Crippen MR) is 99.1 cm³/mol.